The van der Waals surface area contributed by atoms with Crippen LogP contribution < -0.4 is 0 Å². The van der Waals surface area contributed by atoms with Gasteiger partial charge in [0.15, 0.2) is 0 Å². The van der Waals surface area contributed by atoms with Crippen molar-refractivity contribution >= 4 is 21.4 Å². The van der Waals surface area contributed by atoms with Crippen LogP contribution in [-0.4, -0.2) is 32.6 Å². The van der Waals surface area contributed by atoms with Crippen LogP contribution >= 0.6 is 12.6 Å². The Kier molecular flexibility index (Phi) is 9.01. The van der Waals surface area contributed by atoms with E-state index >= 15 is 0 Å². The molecule has 14 heavy (non-hydrogen) atoms. The lowest BCUT2D eigenvalue weighted by molar-refractivity contribution is 0.0973. The highest BCUT2D eigenvalue weighted by atomic mass is 32.1. The molecule has 0 saturated carbocycles. The van der Waals surface area contributed by atoms with Crippen molar-refractivity contribution in [1.82, 2.24) is 0 Å². The van der Waals surface area contributed by atoms with E-state index in [0.717, 1.165) is 25.0 Å². The van der Waals surface area contributed by atoms with Gasteiger partial charge in [0.05, 0.1) is 0 Å². The maximum atomic E-state index is 10.1. The maximum absolute atomic E-state index is 10.1. The predicted molar refractivity (Wildman–Crippen MR) is 63.7 cm³/mol. The molecule has 86 valence electrons. The zero-order chi connectivity index (χ0) is 10.9. The Morgan fingerprint density at radius 1 is 1.14 bits per heavy atom. The molecule has 5 heteroatoms. The predicted octanol–water partition coefficient (Wildman–Crippen LogP) is 2.09. The minimum Gasteiger partial charge on any atom is -0.390 e. The molecule has 0 fully saturated rings. The molecule has 0 spiro atoms. The third kappa shape index (κ3) is 6.84. The first-order chi connectivity index (χ1) is 6.68. The van der Waals surface area contributed by atoms with E-state index in [9.17, 15) is 4.80 Å². The maximum Gasteiger partial charge on any atom is 0.498 e. The molecule has 0 rings (SSSR count). The van der Waals surface area contributed by atoms with Gasteiger partial charge in [-0.3, -0.25) is 0 Å². The highest BCUT2D eigenvalue weighted by Crippen LogP contribution is 2.14. The quantitative estimate of drug-likeness (QED) is 0.477. The highest BCUT2D eigenvalue weighted by molar-refractivity contribution is 7.80. The summed E-state index contributed by atoms with van der Waals surface area (Å²) >= 11 is 4.11. The van der Waals surface area contributed by atoms with E-state index in [1.807, 2.05) is 13.8 Å². The summed E-state index contributed by atoms with van der Waals surface area (Å²) in [5.41, 5.74) is 0. The van der Waals surface area contributed by atoms with Gasteiger partial charge < -0.3 is 13.6 Å². The molecule has 0 saturated heterocycles. The van der Waals surface area contributed by atoms with Gasteiger partial charge in [0, 0.05) is 19.3 Å². The van der Waals surface area contributed by atoms with Crippen LogP contribution in [0.15, 0.2) is 0 Å². The minimum absolute atomic E-state index is 0.582. The molecular weight excluding hydrogens is 216 g/mol. The minimum atomic E-state index is -2.86. The summed E-state index contributed by atoms with van der Waals surface area (Å²) < 4.78 is 10.8. The van der Waals surface area contributed by atoms with Crippen LogP contribution in [0.2, 0.25) is 6.04 Å². The lowest BCUT2D eigenvalue weighted by Crippen LogP contribution is -2.43. The van der Waals surface area contributed by atoms with Crippen molar-refractivity contribution in [3.8, 4) is 0 Å². The molecule has 0 aliphatic carbocycles. The van der Waals surface area contributed by atoms with E-state index in [0.29, 0.717) is 19.3 Å². The molecule has 0 unspecified atom stereocenters. The van der Waals surface area contributed by atoms with Crippen LogP contribution in [0.1, 0.15) is 33.1 Å². The smallest absolute Gasteiger partial charge is 0.390 e. The zero-order valence-corrected chi connectivity index (χ0v) is 11.1. The molecule has 0 aromatic heterocycles. The summed E-state index contributed by atoms with van der Waals surface area (Å²) in [5.74, 6) is 0.764. The number of rotatable bonds is 9. The van der Waals surface area contributed by atoms with Crippen LogP contribution in [0.5, 0.6) is 0 Å². The van der Waals surface area contributed by atoms with Crippen LogP contribution in [-0.2, 0) is 8.85 Å². The lowest BCUT2D eigenvalue weighted by atomic mass is 10.5. The zero-order valence-electron chi connectivity index (χ0n) is 9.16. The van der Waals surface area contributed by atoms with E-state index in [-0.39, 0.29) is 0 Å². The molecule has 0 aromatic rings. The first kappa shape index (κ1) is 14.4. The van der Waals surface area contributed by atoms with Crippen molar-refractivity contribution in [3.05, 3.63) is 0 Å². The van der Waals surface area contributed by atoms with E-state index in [4.69, 9.17) is 8.85 Å². The van der Waals surface area contributed by atoms with Crippen molar-refractivity contribution in [2.45, 2.75) is 39.2 Å². The number of thiol groups is 1. The normalized spacial score (nSPS) is 12.0. The van der Waals surface area contributed by atoms with Gasteiger partial charge in [-0.05, 0) is 25.0 Å². The van der Waals surface area contributed by atoms with Gasteiger partial charge >= 0.3 is 8.80 Å². The van der Waals surface area contributed by atoms with Gasteiger partial charge in [0.2, 0.25) is 0 Å². The molecule has 0 aromatic carbocycles. The van der Waals surface area contributed by atoms with E-state index in [1.54, 1.807) is 0 Å². The Balaban J connectivity index is 3.89. The standard InChI is InChI=1S/C9H22O3SSi/c1-3-6-11-14(10,9-5-8-13)12-7-4-2/h10,13H,3-9H2,1-2H3. The van der Waals surface area contributed by atoms with Crippen LogP contribution in [0, 0.1) is 0 Å². The van der Waals surface area contributed by atoms with Gasteiger partial charge in [0.1, 0.15) is 0 Å². The number of hydrogen-bond donors (Lipinski definition) is 2. The first-order valence-electron chi connectivity index (χ1n) is 5.29. The van der Waals surface area contributed by atoms with Crippen LogP contribution in [0.25, 0.3) is 0 Å². The molecule has 0 amide bonds. The fraction of sp³-hybridized carbons (Fsp3) is 1.00. The Bertz CT molecular complexity index is 113. The highest BCUT2D eigenvalue weighted by Gasteiger charge is 2.35. The Labute approximate surface area is 93.6 Å². The first-order valence-corrected chi connectivity index (χ1v) is 7.90. The molecular formula is C9H22O3SSi. The average molecular weight is 238 g/mol. The SMILES string of the molecule is CCCO[Si](O)(CCCS)OCCC. The molecule has 0 atom stereocenters. The average Bonchev–Trinajstić information content (AvgIpc) is 2.21. The van der Waals surface area contributed by atoms with Gasteiger partial charge in [-0.15, -0.1) is 0 Å². The second kappa shape index (κ2) is 8.73. The summed E-state index contributed by atoms with van der Waals surface area (Å²) in [6.45, 7) is 5.21. The molecule has 0 heterocycles. The van der Waals surface area contributed by atoms with Crippen molar-refractivity contribution in [3.63, 3.8) is 0 Å². The van der Waals surface area contributed by atoms with Crippen LogP contribution in [0.4, 0.5) is 0 Å². The third-order valence-corrected chi connectivity index (χ3v) is 4.33. The summed E-state index contributed by atoms with van der Waals surface area (Å²) in [6.07, 6.45) is 2.66. The molecule has 3 nitrogen and oxygen atoms in total. The molecule has 1 N–H and O–H groups in total. The second-order valence-electron chi connectivity index (χ2n) is 3.24. The van der Waals surface area contributed by atoms with Crippen molar-refractivity contribution in [2.75, 3.05) is 19.0 Å². The molecule has 0 radical (unpaired) electrons. The third-order valence-electron chi connectivity index (χ3n) is 1.71. The van der Waals surface area contributed by atoms with Crippen molar-refractivity contribution in [1.29, 1.82) is 0 Å². The van der Waals surface area contributed by atoms with Crippen LogP contribution in [0.3, 0.4) is 0 Å². The van der Waals surface area contributed by atoms with Gasteiger partial charge in [-0.1, -0.05) is 13.8 Å². The Morgan fingerprint density at radius 3 is 2.00 bits per heavy atom. The summed E-state index contributed by atoms with van der Waals surface area (Å²) in [5, 5.41) is 0. The molecule has 0 aliphatic rings. The molecule has 0 aliphatic heterocycles. The summed E-state index contributed by atoms with van der Waals surface area (Å²) in [7, 11) is -2.86. The van der Waals surface area contributed by atoms with E-state index < -0.39 is 8.80 Å². The van der Waals surface area contributed by atoms with Gasteiger partial charge in [0.25, 0.3) is 0 Å². The largest absolute Gasteiger partial charge is 0.498 e. The lowest BCUT2D eigenvalue weighted by Gasteiger charge is -2.23. The summed E-state index contributed by atoms with van der Waals surface area (Å²) in [6, 6.07) is 0.622. The van der Waals surface area contributed by atoms with Gasteiger partial charge in [-0.2, -0.15) is 12.6 Å². The monoisotopic (exact) mass is 238 g/mol. The van der Waals surface area contributed by atoms with Crippen molar-refractivity contribution < 1.29 is 13.6 Å². The number of hydrogen-bond acceptors (Lipinski definition) is 4. The topological polar surface area (TPSA) is 38.7 Å². The fourth-order valence-corrected chi connectivity index (χ4v) is 3.51. The van der Waals surface area contributed by atoms with Crippen molar-refractivity contribution in [2.24, 2.45) is 0 Å². The fourth-order valence-electron chi connectivity index (χ4n) is 1.01. The summed E-state index contributed by atoms with van der Waals surface area (Å²) in [4.78, 5) is 10.1. The van der Waals surface area contributed by atoms with E-state index in [1.165, 1.54) is 0 Å². The Morgan fingerprint density at radius 2 is 1.64 bits per heavy atom. The Hall–Kier alpha value is 0.447. The molecule has 0 bridgehead atoms. The van der Waals surface area contributed by atoms with Gasteiger partial charge in [-0.25, -0.2) is 0 Å². The second-order valence-corrected chi connectivity index (χ2v) is 6.19. The van der Waals surface area contributed by atoms with E-state index in [2.05, 4.69) is 12.6 Å².